The number of halogens is 3. The molecule has 106 valence electrons. The molecule has 0 amide bonds. The molecule has 0 atom stereocenters. The largest absolute Gasteiger partial charge is 0.385 e. The molecule has 6 heteroatoms. The third kappa shape index (κ3) is 2.21. The maximum Gasteiger partial charge on any atom is 0.264 e. The van der Waals surface area contributed by atoms with Gasteiger partial charge < -0.3 is 5.73 Å². The highest BCUT2D eigenvalue weighted by Crippen LogP contribution is 2.24. The maximum absolute atomic E-state index is 14.1. The van der Waals surface area contributed by atoms with E-state index in [0.717, 1.165) is 16.7 Å². The third-order valence-corrected chi connectivity index (χ3v) is 3.79. The van der Waals surface area contributed by atoms with Crippen molar-refractivity contribution in [2.24, 2.45) is 0 Å². The predicted molar refractivity (Wildman–Crippen MR) is 81.6 cm³/mol. The van der Waals surface area contributed by atoms with Crippen LogP contribution in [0.1, 0.15) is 0 Å². The normalized spacial score (nSPS) is 11.0. The fourth-order valence-electron chi connectivity index (χ4n) is 2.21. The van der Waals surface area contributed by atoms with E-state index in [1.807, 2.05) is 0 Å². The summed E-state index contributed by atoms with van der Waals surface area (Å²) in [6, 6.07) is 10.3. The van der Waals surface area contributed by atoms with E-state index in [2.05, 4.69) is 15.9 Å². The highest BCUT2D eigenvalue weighted by Gasteiger charge is 2.15. The highest BCUT2D eigenvalue weighted by molar-refractivity contribution is 9.10. The average molecular weight is 351 g/mol. The number of anilines is 1. The number of nitrogen functional groups attached to an aromatic ring is 1. The Hall–Kier alpha value is -2.21. The second-order valence-electron chi connectivity index (χ2n) is 4.51. The average Bonchev–Trinajstić information content (AvgIpc) is 2.44. The smallest absolute Gasteiger partial charge is 0.264 e. The summed E-state index contributed by atoms with van der Waals surface area (Å²) in [6.45, 7) is 0. The number of rotatable bonds is 1. The predicted octanol–water partition coefficient (Wildman–Crippen LogP) is 3.61. The van der Waals surface area contributed by atoms with Crippen molar-refractivity contribution >= 4 is 32.5 Å². The molecule has 0 saturated heterocycles. The van der Waals surface area contributed by atoms with Crippen molar-refractivity contribution in [1.82, 2.24) is 4.57 Å². The second-order valence-corrected chi connectivity index (χ2v) is 5.37. The molecule has 1 aromatic heterocycles. The molecule has 0 fully saturated rings. The Balaban J connectivity index is 2.41. The molecule has 2 aromatic carbocycles. The van der Waals surface area contributed by atoms with Gasteiger partial charge in [-0.15, -0.1) is 0 Å². The van der Waals surface area contributed by atoms with Crippen molar-refractivity contribution in [3.8, 4) is 5.69 Å². The Kier molecular flexibility index (Phi) is 3.25. The van der Waals surface area contributed by atoms with E-state index in [1.165, 1.54) is 0 Å². The van der Waals surface area contributed by atoms with Crippen LogP contribution in [0.2, 0.25) is 0 Å². The van der Waals surface area contributed by atoms with Crippen LogP contribution in [0, 0.1) is 11.6 Å². The zero-order valence-electron chi connectivity index (χ0n) is 10.6. The lowest BCUT2D eigenvalue weighted by Crippen LogP contribution is -2.22. The number of nitrogens with two attached hydrogens (primary N) is 1. The first-order valence-corrected chi connectivity index (χ1v) is 6.83. The second kappa shape index (κ2) is 4.96. The summed E-state index contributed by atoms with van der Waals surface area (Å²) in [6.07, 6.45) is 0. The minimum Gasteiger partial charge on any atom is -0.385 e. The minimum atomic E-state index is -0.743. The Bertz CT molecular complexity index is 921. The topological polar surface area (TPSA) is 48.0 Å². The van der Waals surface area contributed by atoms with Crippen molar-refractivity contribution in [2.45, 2.75) is 0 Å². The van der Waals surface area contributed by atoms with E-state index in [9.17, 15) is 13.6 Å². The number of hydrogen-bond donors (Lipinski definition) is 1. The van der Waals surface area contributed by atoms with Crippen LogP contribution >= 0.6 is 15.9 Å². The number of hydrogen-bond acceptors (Lipinski definition) is 2. The van der Waals surface area contributed by atoms with Crippen molar-refractivity contribution in [3.05, 3.63) is 68.9 Å². The van der Waals surface area contributed by atoms with Gasteiger partial charge in [-0.05, 0) is 39.5 Å². The van der Waals surface area contributed by atoms with Crippen molar-refractivity contribution in [3.63, 3.8) is 0 Å². The third-order valence-electron chi connectivity index (χ3n) is 3.19. The van der Waals surface area contributed by atoms with Gasteiger partial charge in [-0.3, -0.25) is 9.36 Å². The molecule has 0 aliphatic heterocycles. The first-order chi connectivity index (χ1) is 9.99. The number of benzene rings is 2. The van der Waals surface area contributed by atoms with Gasteiger partial charge in [0.15, 0.2) is 0 Å². The molecule has 21 heavy (non-hydrogen) atoms. The van der Waals surface area contributed by atoms with Crippen molar-refractivity contribution in [1.29, 1.82) is 0 Å². The fraction of sp³-hybridized carbons (Fsp3) is 0. The van der Waals surface area contributed by atoms with Crippen LogP contribution in [0.4, 0.5) is 14.6 Å². The molecule has 3 nitrogen and oxygen atoms in total. The van der Waals surface area contributed by atoms with Crippen LogP contribution < -0.4 is 11.3 Å². The molecule has 2 N–H and O–H groups in total. The van der Waals surface area contributed by atoms with Crippen LogP contribution in [0.3, 0.4) is 0 Å². The highest BCUT2D eigenvalue weighted by atomic mass is 79.9. The van der Waals surface area contributed by atoms with Gasteiger partial charge in [0, 0.05) is 11.5 Å². The van der Waals surface area contributed by atoms with Crippen molar-refractivity contribution in [2.75, 3.05) is 5.73 Å². The standard InChI is InChI=1S/C15H9BrF2N2O/c16-10-6-12(18)13(7-11(10)17)20-14(19)5-8-3-1-2-4-9(8)15(20)21/h1-7H,19H2. The van der Waals surface area contributed by atoms with Gasteiger partial charge in [0.25, 0.3) is 5.56 Å². The van der Waals surface area contributed by atoms with Gasteiger partial charge >= 0.3 is 0 Å². The number of pyridine rings is 1. The Morgan fingerprint density at radius 3 is 2.52 bits per heavy atom. The first kappa shape index (κ1) is 13.8. The summed E-state index contributed by atoms with van der Waals surface area (Å²) in [5.74, 6) is -1.38. The summed E-state index contributed by atoms with van der Waals surface area (Å²) < 4.78 is 28.7. The number of aromatic nitrogens is 1. The first-order valence-electron chi connectivity index (χ1n) is 6.04. The molecular formula is C15H9BrF2N2O. The van der Waals surface area contributed by atoms with Gasteiger partial charge in [-0.25, -0.2) is 8.78 Å². The van der Waals surface area contributed by atoms with E-state index >= 15 is 0 Å². The molecular weight excluding hydrogens is 342 g/mol. The fourth-order valence-corrected chi connectivity index (χ4v) is 2.53. The molecule has 0 spiro atoms. The van der Waals surface area contributed by atoms with Crippen LogP contribution in [-0.4, -0.2) is 4.57 Å². The SMILES string of the molecule is Nc1cc2ccccc2c(=O)n1-c1cc(F)c(Br)cc1F. The number of nitrogens with zero attached hydrogens (tertiary/aromatic N) is 1. The zero-order chi connectivity index (χ0) is 15.1. The number of fused-ring (bicyclic) bond motifs is 1. The molecule has 3 rings (SSSR count). The van der Waals surface area contributed by atoms with Crippen LogP contribution in [0.25, 0.3) is 16.5 Å². The molecule has 0 saturated carbocycles. The lowest BCUT2D eigenvalue weighted by Gasteiger charge is -2.12. The molecule has 0 bridgehead atoms. The molecule has 3 aromatic rings. The summed E-state index contributed by atoms with van der Waals surface area (Å²) in [5, 5.41) is 1.03. The summed E-state index contributed by atoms with van der Waals surface area (Å²) in [5.41, 5.74) is 5.13. The monoisotopic (exact) mass is 350 g/mol. The van der Waals surface area contributed by atoms with Crippen LogP contribution in [-0.2, 0) is 0 Å². The van der Waals surface area contributed by atoms with Gasteiger partial charge in [0.05, 0.1) is 10.2 Å². The quantitative estimate of drug-likeness (QED) is 0.681. The van der Waals surface area contributed by atoms with E-state index in [1.54, 1.807) is 30.3 Å². The Labute approximate surface area is 126 Å². The van der Waals surface area contributed by atoms with E-state index in [4.69, 9.17) is 5.73 Å². The van der Waals surface area contributed by atoms with Crippen molar-refractivity contribution < 1.29 is 8.78 Å². The summed E-state index contributed by atoms with van der Waals surface area (Å²) >= 11 is 2.90. The van der Waals surface area contributed by atoms with Gasteiger partial charge in [-0.2, -0.15) is 0 Å². The molecule has 0 aliphatic carbocycles. The van der Waals surface area contributed by atoms with E-state index in [0.29, 0.717) is 10.8 Å². The molecule has 1 heterocycles. The summed E-state index contributed by atoms with van der Waals surface area (Å²) in [4.78, 5) is 12.5. The molecule has 0 aliphatic rings. The maximum atomic E-state index is 14.1. The van der Waals surface area contributed by atoms with Crippen LogP contribution in [0.15, 0.2) is 51.7 Å². The molecule has 0 unspecified atom stereocenters. The summed E-state index contributed by atoms with van der Waals surface area (Å²) in [7, 11) is 0. The van der Waals surface area contributed by atoms with Gasteiger partial charge in [0.1, 0.15) is 17.5 Å². The van der Waals surface area contributed by atoms with Gasteiger partial charge in [0.2, 0.25) is 0 Å². The Morgan fingerprint density at radius 1 is 1.05 bits per heavy atom. The zero-order valence-corrected chi connectivity index (χ0v) is 12.2. The van der Waals surface area contributed by atoms with E-state index in [-0.39, 0.29) is 16.0 Å². The van der Waals surface area contributed by atoms with Gasteiger partial charge in [-0.1, -0.05) is 18.2 Å². The lowest BCUT2D eigenvalue weighted by molar-refractivity contribution is 0.587. The van der Waals surface area contributed by atoms with E-state index < -0.39 is 17.2 Å². The van der Waals surface area contributed by atoms with Crippen LogP contribution in [0.5, 0.6) is 0 Å². The lowest BCUT2D eigenvalue weighted by atomic mass is 10.1. The molecule has 0 radical (unpaired) electrons. The minimum absolute atomic E-state index is 0.0174. The Morgan fingerprint density at radius 2 is 1.76 bits per heavy atom.